The molecule has 1 atom stereocenters. The van der Waals surface area contributed by atoms with Crippen LogP contribution >= 0.6 is 12.2 Å². The maximum atomic E-state index is 12.3. The molecule has 170 valence electrons. The van der Waals surface area contributed by atoms with Crippen molar-refractivity contribution < 1.29 is 9.90 Å². The third-order valence-corrected chi connectivity index (χ3v) is 5.71. The van der Waals surface area contributed by atoms with Crippen LogP contribution in [0.5, 0.6) is 0 Å². The van der Waals surface area contributed by atoms with E-state index in [1.807, 2.05) is 58.0 Å². The van der Waals surface area contributed by atoms with Crippen LogP contribution in [0.2, 0.25) is 0 Å². The van der Waals surface area contributed by atoms with E-state index in [4.69, 9.17) is 12.2 Å². The Morgan fingerprint density at radius 3 is 2.67 bits per heavy atom. The number of hydrogen-bond donors (Lipinski definition) is 3. The molecule has 0 aliphatic rings. The molecular weight excluding hydrogens is 438 g/mol. The van der Waals surface area contributed by atoms with Crippen molar-refractivity contribution in [1.82, 2.24) is 34.6 Å². The average Bonchev–Trinajstić information content (AvgIpc) is 3.47. The second-order valence-electron chi connectivity index (χ2n) is 7.67. The minimum atomic E-state index is -0.871. The molecule has 0 amide bonds. The first-order valence-corrected chi connectivity index (χ1v) is 11.1. The third-order valence-electron chi connectivity index (χ3n) is 5.39. The van der Waals surface area contributed by atoms with Crippen LogP contribution in [-0.4, -0.2) is 51.7 Å². The van der Waals surface area contributed by atoms with Crippen molar-refractivity contribution in [3.05, 3.63) is 83.4 Å². The Balaban J connectivity index is 1.50. The van der Waals surface area contributed by atoms with Crippen LogP contribution in [0.4, 0.5) is 0 Å². The van der Waals surface area contributed by atoms with E-state index in [0.29, 0.717) is 37.2 Å². The smallest absolute Gasteiger partial charge is 0.320 e. The molecule has 0 aliphatic carbocycles. The summed E-state index contributed by atoms with van der Waals surface area (Å²) >= 11 is 5.42. The van der Waals surface area contributed by atoms with Crippen molar-refractivity contribution in [2.45, 2.75) is 38.5 Å². The summed E-state index contributed by atoms with van der Waals surface area (Å²) in [5, 5.41) is 17.3. The normalized spacial score (nSPS) is 12.2. The highest BCUT2D eigenvalue weighted by Gasteiger charge is 2.26. The molecule has 0 unspecified atom stereocenters. The van der Waals surface area contributed by atoms with E-state index in [9.17, 15) is 9.90 Å². The van der Waals surface area contributed by atoms with Crippen molar-refractivity contribution in [3.8, 4) is 11.4 Å². The van der Waals surface area contributed by atoms with Crippen molar-refractivity contribution in [2.75, 3.05) is 0 Å². The van der Waals surface area contributed by atoms with Crippen molar-refractivity contribution >= 4 is 18.2 Å². The molecule has 0 fully saturated rings. The van der Waals surface area contributed by atoms with Gasteiger partial charge < -0.3 is 14.7 Å². The maximum absolute atomic E-state index is 12.3. The van der Waals surface area contributed by atoms with Gasteiger partial charge in [0.2, 0.25) is 0 Å². The van der Waals surface area contributed by atoms with E-state index >= 15 is 0 Å². The lowest BCUT2D eigenvalue weighted by atomic mass is 10.1. The summed E-state index contributed by atoms with van der Waals surface area (Å²) in [6.45, 7) is 1.40. The van der Waals surface area contributed by atoms with Gasteiger partial charge >= 0.3 is 5.97 Å². The Hall–Kier alpha value is -3.63. The zero-order valence-corrected chi connectivity index (χ0v) is 18.8. The van der Waals surface area contributed by atoms with Crippen molar-refractivity contribution in [2.24, 2.45) is 0 Å². The summed E-state index contributed by atoms with van der Waals surface area (Å²) in [6.07, 6.45) is 6.08. The lowest BCUT2D eigenvalue weighted by molar-refractivity contribution is -0.144. The highest BCUT2D eigenvalue weighted by atomic mass is 32.1. The number of nitrogens with zero attached hydrogens (tertiary/aromatic N) is 5. The van der Waals surface area contributed by atoms with Gasteiger partial charge in [-0.25, -0.2) is 4.98 Å². The zero-order valence-electron chi connectivity index (χ0n) is 18.0. The fourth-order valence-corrected chi connectivity index (χ4v) is 4.03. The van der Waals surface area contributed by atoms with Crippen LogP contribution in [0.25, 0.3) is 11.4 Å². The molecular formula is C23H25N7O2S. The molecule has 0 saturated carbocycles. The van der Waals surface area contributed by atoms with E-state index in [2.05, 4.69) is 25.1 Å². The van der Waals surface area contributed by atoms with Gasteiger partial charge in [-0.05, 0) is 37.2 Å². The minimum Gasteiger partial charge on any atom is -0.480 e. The number of nitrogens with one attached hydrogen (secondary N) is 2. The molecule has 3 N–H and O–H groups in total. The first kappa shape index (κ1) is 22.6. The number of aromatic amines is 2. The Morgan fingerprint density at radius 1 is 1.15 bits per heavy atom. The molecule has 0 spiro atoms. The number of pyridine rings is 1. The van der Waals surface area contributed by atoms with E-state index in [1.165, 1.54) is 0 Å². The molecule has 4 rings (SSSR count). The Bertz CT molecular complexity index is 1210. The molecule has 0 aliphatic heterocycles. The monoisotopic (exact) mass is 463 g/mol. The number of carboxylic acid groups (broad SMARTS) is 1. The quantitative estimate of drug-likeness (QED) is 0.291. The highest BCUT2D eigenvalue weighted by molar-refractivity contribution is 7.71. The van der Waals surface area contributed by atoms with Gasteiger partial charge in [-0.2, -0.15) is 5.10 Å². The number of benzene rings is 1. The molecule has 3 heterocycles. The predicted molar refractivity (Wildman–Crippen MR) is 126 cm³/mol. The molecule has 0 saturated heterocycles. The summed E-state index contributed by atoms with van der Waals surface area (Å²) in [5.41, 5.74) is 2.61. The summed E-state index contributed by atoms with van der Waals surface area (Å²) in [5.74, 6) is -0.125. The fraction of sp³-hybridized carbons (Fsp3) is 0.261. The van der Waals surface area contributed by atoms with Crippen molar-refractivity contribution in [1.29, 1.82) is 0 Å². The van der Waals surface area contributed by atoms with Crippen LogP contribution in [0.15, 0.2) is 67.3 Å². The van der Waals surface area contributed by atoms with E-state index in [0.717, 1.165) is 22.8 Å². The van der Waals surface area contributed by atoms with Gasteiger partial charge in [-0.15, -0.1) is 0 Å². The Labute approximate surface area is 196 Å². The number of carboxylic acids is 1. The highest BCUT2D eigenvalue weighted by Crippen LogP contribution is 2.19. The minimum absolute atomic E-state index is 0.414. The summed E-state index contributed by atoms with van der Waals surface area (Å²) in [7, 11) is 0. The topological polar surface area (TPSA) is 116 Å². The number of H-pyrrole nitrogens is 2. The first-order chi connectivity index (χ1) is 16.1. The standard InChI is InChI=1S/C23H25N7O2S/c31-22(32)20(29(15-19-13-24-16-26-19)14-18-9-4-5-11-25-18)10-6-12-30-21(27-28-23(30)33)17-7-2-1-3-8-17/h1-5,7-9,11,13,16,20H,6,10,12,14-15H2,(H,24,26)(H,28,33)(H,31,32)/t20-/m0/s1. The number of rotatable bonds is 11. The van der Waals surface area contributed by atoms with Gasteiger partial charge in [0.15, 0.2) is 10.6 Å². The fourth-order valence-electron chi connectivity index (χ4n) is 3.80. The number of imidazole rings is 1. The average molecular weight is 464 g/mol. The second-order valence-corrected chi connectivity index (χ2v) is 8.06. The van der Waals surface area contributed by atoms with Gasteiger partial charge in [0.25, 0.3) is 0 Å². The van der Waals surface area contributed by atoms with Gasteiger partial charge in [-0.3, -0.25) is 19.8 Å². The van der Waals surface area contributed by atoms with Crippen LogP contribution in [0.1, 0.15) is 24.2 Å². The SMILES string of the molecule is O=C(O)[C@H](CCCn1c(-c2ccccc2)n[nH]c1=S)N(Cc1ccccn1)Cc1cnc[nH]1. The predicted octanol–water partition coefficient (Wildman–Crippen LogP) is 3.66. The molecule has 1 aromatic carbocycles. The van der Waals surface area contributed by atoms with Crippen LogP contribution < -0.4 is 0 Å². The summed E-state index contributed by atoms with van der Waals surface area (Å²) < 4.78 is 2.44. The third kappa shape index (κ3) is 5.79. The van der Waals surface area contributed by atoms with E-state index < -0.39 is 12.0 Å². The van der Waals surface area contributed by atoms with Gasteiger partial charge in [0, 0.05) is 43.3 Å². The van der Waals surface area contributed by atoms with Crippen LogP contribution in [-0.2, 0) is 24.4 Å². The van der Waals surface area contributed by atoms with Crippen LogP contribution in [0.3, 0.4) is 0 Å². The second kappa shape index (κ2) is 10.8. The molecule has 33 heavy (non-hydrogen) atoms. The first-order valence-electron chi connectivity index (χ1n) is 10.7. The number of aliphatic carboxylic acids is 1. The molecule has 3 aromatic heterocycles. The van der Waals surface area contributed by atoms with Gasteiger partial charge in [-0.1, -0.05) is 36.4 Å². The zero-order chi connectivity index (χ0) is 23.0. The lowest BCUT2D eigenvalue weighted by Gasteiger charge is -2.28. The largest absolute Gasteiger partial charge is 0.480 e. The van der Waals surface area contributed by atoms with Gasteiger partial charge in [0.1, 0.15) is 6.04 Å². The molecule has 0 bridgehead atoms. The summed E-state index contributed by atoms with van der Waals surface area (Å²) in [4.78, 5) is 25.7. The van der Waals surface area contributed by atoms with E-state index in [1.54, 1.807) is 18.7 Å². The van der Waals surface area contributed by atoms with Crippen LogP contribution in [0, 0.1) is 4.77 Å². The molecule has 10 heteroatoms. The number of carbonyl (C=O) groups is 1. The van der Waals surface area contributed by atoms with Gasteiger partial charge in [0.05, 0.1) is 12.0 Å². The number of aromatic nitrogens is 6. The van der Waals surface area contributed by atoms with Crippen molar-refractivity contribution in [3.63, 3.8) is 0 Å². The lowest BCUT2D eigenvalue weighted by Crippen LogP contribution is -2.40. The number of hydrogen-bond acceptors (Lipinski definition) is 6. The Kier molecular flexibility index (Phi) is 7.38. The molecule has 0 radical (unpaired) electrons. The molecule has 4 aromatic rings. The summed E-state index contributed by atoms with van der Waals surface area (Å²) in [6, 6.07) is 14.7. The maximum Gasteiger partial charge on any atom is 0.320 e. The molecule has 9 nitrogen and oxygen atoms in total. The van der Waals surface area contributed by atoms with E-state index in [-0.39, 0.29) is 0 Å². The Morgan fingerprint density at radius 2 is 1.97 bits per heavy atom.